The van der Waals surface area contributed by atoms with Crippen LogP contribution >= 0.6 is 0 Å². The van der Waals surface area contributed by atoms with Crippen LogP contribution in [0, 0.1) is 0 Å². The second-order valence-corrected chi connectivity index (χ2v) is 5.37. The Bertz CT molecular complexity index is 772. The summed E-state index contributed by atoms with van der Waals surface area (Å²) in [6.45, 7) is 0.206. The van der Waals surface area contributed by atoms with E-state index < -0.39 is 5.97 Å². The number of hydrogen-bond donors (Lipinski definition) is 2. The molecule has 1 amide bonds. The molecule has 0 aromatic heterocycles. The monoisotopic (exact) mass is 343 g/mol. The standard InChI is InChI=1S/C18H17NO6/c20-16(21)10-23-13-6-4-12(5-7-13)8-9-19-18(22)14-2-1-3-15-17(14)25-11-24-15/h1-7H,8-11H2,(H,19,22)(H,20,21). The van der Waals surface area contributed by atoms with Crippen molar-refractivity contribution in [3.63, 3.8) is 0 Å². The van der Waals surface area contributed by atoms with E-state index in [-0.39, 0.29) is 19.3 Å². The van der Waals surface area contributed by atoms with Gasteiger partial charge in [-0.05, 0) is 36.2 Å². The minimum atomic E-state index is -1.02. The second kappa shape index (κ2) is 7.57. The maximum atomic E-state index is 12.3. The Labute approximate surface area is 144 Å². The molecule has 130 valence electrons. The van der Waals surface area contributed by atoms with E-state index in [0.29, 0.717) is 35.8 Å². The average Bonchev–Trinajstić information content (AvgIpc) is 3.09. The lowest BCUT2D eigenvalue weighted by Gasteiger charge is -2.08. The zero-order chi connectivity index (χ0) is 17.6. The van der Waals surface area contributed by atoms with E-state index in [1.54, 1.807) is 30.3 Å². The molecule has 0 spiro atoms. The summed E-state index contributed by atoms with van der Waals surface area (Å²) in [4.78, 5) is 22.7. The molecular formula is C18H17NO6. The third-order valence-electron chi connectivity index (χ3n) is 3.63. The van der Waals surface area contributed by atoms with Gasteiger partial charge in [-0.15, -0.1) is 0 Å². The zero-order valence-corrected chi connectivity index (χ0v) is 13.4. The number of rotatable bonds is 7. The van der Waals surface area contributed by atoms with Gasteiger partial charge in [0.15, 0.2) is 18.1 Å². The van der Waals surface area contributed by atoms with Crippen molar-refractivity contribution >= 4 is 11.9 Å². The highest BCUT2D eigenvalue weighted by Gasteiger charge is 2.21. The first-order valence-corrected chi connectivity index (χ1v) is 7.74. The molecule has 0 fully saturated rings. The SMILES string of the molecule is O=C(O)COc1ccc(CCNC(=O)c2cccc3c2OCO3)cc1. The fourth-order valence-electron chi connectivity index (χ4n) is 2.42. The maximum Gasteiger partial charge on any atom is 0.341 e. The summed E-state index contributed by atoms with van der Waals surface area (Å²) in [5, 5.41) is 11.4. The molecule has 2 N–H and O–H groups in total. The fraction of sp³-hybridized carbons (Fsp3) is 0.222. The molecule has 0 atom stereocenters. The van der Waals surface area contributed by atoms with Gasteiger partial charge >= 0.3 is 5.97 Å². The molecule has 7 heteroatoms. The Morgan fingerprint density at radius 2 is 1.92 bits per heavy atom. The first-order chi connectivity index (χ1) is 12.1. The lowest BCUT2D eigenvalue weighted by atomic mass is 10.1. The lowest BCUT2D eigenvalue weighted by molar-refractivity contribution is -0.139. The van der Waals surface area contributed by atoms with E-state index in [1.807, 2.05) is 12.1 Å². The van der Waals surface area contributed by atoms with Crippen LogP contribution in [0.15, 0.2) is 42.5 Å². The van der Waals surface area contributed by atoms with E-state index >= 15 is 0 Å². The molecule has 0 saturated heterocycles. The van der Waals surface area contributed by atoms with E-state index in [1.165, 1.54) is 0 Å². The van der Waals surface area contributed by atoms with Crippen LogP contribution in [0.25, 0.3) is 0 Å². The minimum absolute atomic E-state index is 0.121. The number of carboxylic acid groups (broad SMARTS) is 1. The molecule has 1 heterocycles. The molecule has 0 aliphatic carbocycles. The van der Waals surface area contributed by atoms with E-state index in [9.17, 15) is 9.59 Å². The van der Waals surface area contributed by atoms with Crippen molar-refractivity contribution in [2.45, 2.75) is 6.42 Å². The van der Waals surface area contributed by atoms with Crippen LogP contribution in [0.2, 0.25) is 0 Å². The Hall–Kier alpha value is -3.22. The predicted molar refractivity (Wildman–Crippen MR) is 88.2 cm³/mol. The van der Waals surface area contributed by atoms with Crippen molar-refractivity contribution in [2.24, 2.45) is 0 Å². The summed E-state index contributed by atoms with van der Waals surface area (Å²) >= 11 is 0. The molecule has 3 rings (SSSR count). The van der Waals surface area contributed by atoms with E-state index in [0.717, 1.165) is 5.56 Å². The topological polar surface area (TPSA) is 94.1 Å². The molecule has 0 radical (unpaired) electrons. The van der Waals surface area contributed by atoms with Crippen LogP contribution in [-0.2, 0) is 11.2 Å². The highest BCUT2D eigenvalue weighted by molar-refractivity contribution is 5.97. The Kier molecular flexibility index (Phi) is 5.03. The summed E-state index contributed by atoms with van der Waals surface area (Å²) in [6.07, 6.45) is 0.636. The molecule has 25 heavy (non-hydrogen) atoms. The largest absolute Gasteiger partial charge is 0.482 e. The summed E-state index contributed by atoms with van der Waals surface area (Å²) < 4.78 is 15.7. The predicted octanol–water partition coefficient (Wildman–Crippen LogP) is 1.85. The Morgan fingerprint density at radius 3 is 2.68 bits per heavy atom. The number of aliphatic carboxylic acids is 1. The lowest BCUT2D eigenvalue weighted by Crippen LogP contribution is -2.26. The van der Waals surface area contributed by atoms with Crippen molar-refractivity contribution in [1.82, 2.24) is 5.32 Å². The first kappa shape index (κ1) is 16.6. The number of amides is 1. The van der Waals surface area contributed by atoms with Crippen molar-refractivity contribution in [1.29, 1.82) is 0 Å². The number of benzene rings is 2. The van der Waals surface area contributed by atoms with Gasteiger partial charge in [-0.3, -0.25) is 4.79 Å². The third-order valence-corrected chi connectivity index (χ3v) is 3.63. The minimum Gasteiger partial charge on any atom is -0.482 e. The van der Waals surface area contributed by atoms with Gasteiger partial charge in [-0.2, -0.15) is 0 Å². The van der Waals surface area contributed by atoms with Gasteiger partial charge in [0.1, 0.15) is 5.75 Å². The summed E-state index contributed by atoms with van der Waals surface area (Å²) in [7, 11) is 0. The molecule has 0 unspecified atom stereocenters. The quantitative estimate of drug-likeness (QED) is 0.797. The summed E-state index contributed by atoms with van der Waals surface area (Å²) in [6, 6.07) is 12.3. The molecular weight excluding hydrogens is 326 g/mol. The molecule has 0 bridgehead atoms. The average molecular weight is 343 g/mol. The highest BCUT2D eigenvalue weighted by Crippen LogP contribution is 2.35. The van der Waals surface area contributed by atoms with Gasteiger partial charge in [0.2, 0.25) is 6.79 Å². The van der Waals surface area contributed by atoms with Crippen molar-refractivity contribution in [3.8, 4) is 17.2 Å². The molecule has 2 aromatic carbocycles. The van der Waals surface area contributed by atoms with Crippen molar-refractivity contribution < 1.29 is 28.9 Å². The van der Waals surface area contributed by atoms with Gasteiger partial charge in [0.25, 0.3) is 5.91 Å². The summed E-state index contributed by atoms with van der Waals surface area (Å²) in [5.41, 5.74) is 1.45. The number of fused-ring (bicyclic) bond motifs is 1. The molecule has 2 aromatic rings. The van der Waals surface area contributed by atoms with Crippen LogP contribution < -0.4 is 19.5 Å². The van der Waals surface area contributed by atoms with Gasteiger partial charge in [0, 0.05) is 6.54 Å². The van der Waals surface area contributed by atoms with E-state index in [2.05, 4.69) is 5.32 Å². The van der Waals surface area contributed by atoms with Crippen LogP contribution in [0.5, 0.6) is 17.2 Å². The number of hydrogen-bond acceptors (Lipinski definition) is 5. The number of carbonyl (C=O) groups is 2. The van der Waals surface area contributed by atoms with Crippen LogP contribution in [0.4, 0.5) is 0 Å². The van der Waals surface area contributed by atoms with Gasteiger partial charge < -0.3 is 24.6 Å². The van der Waals surface area contributed by atoms with Gasteiger partial charge in [-0.25, -0.2) is 4.79 Å². The van der Waals surface area contributed by atoms with E-state index in [4.69, 9.17) is 19.3 Å². The molecule has 0 saturated carbocycles. The maximum absolute atomic E-state index is 12.3. The molecule has 1 aliphatic heterocycles. The number of nitrogens with one attached hydrogen (secondary N) is 1. The van der Waals surface area contributed by atoms with Crippen molar-refractivity contribution in [2.75, 3.05) is 19.9 Å². The number of carbonyl (C=O) groups excluding carboxylic acids is 1. The first-order valence-electron chi connectivity index (χ1n) is 7.74. The van der Waals surface area contributed by atoms with Crippen LogP contribution in [-0.4, -0.2) is 36.9 Å². The zero-order valence-electron chi connectivity index (χ0n) is 13.4. The van der Waals surface area contributed by atoms with Gasteiger partial charge in [0.05, 0.1) is 5.56 Å². The van der Waals surface area contributed by atoms with Crippen LogP contribution in [0.3, 0.4) is 0 Å². The molecule has 1 aliphatic rings. The van der Waals surface area contributed by atoms with Crippen molar-refractivity contribution in [3.05, 3.63) is 53.6 Å². The highest BCUT2D eigenvalue weighted by atomic mass is 16.7. The normalized spacial score (nSPS) is 11.8. The number of carboxylic acids is 1. The second-order valence-electron chi connectivity index (χ2n) is 5.37. The smallest absolute Gasteiger partial charge is 0.341 e. The Morgan fingerprint density at radius 1 is 1.12 bits per heavy atom. The molecule has 7 nitrogen and oxygen atoms in total. The number of ether oxygens (including phenoxy) is 3. The summed E-state index contributed by atoms with van der Waals surface area (Å²) in [5.74, 6) is 0.300. The number of para-hydroxylation sites is 1. The van der Waals surface area contributed by atoms with Gasteiger partial charge in [-0.1, -0.05) is 18.2 Å². The van der Waals surface area contributed by atoms with Crippen LogP contribution in [0.1, 0.15) is 15.9 Å². The Balaban J connectivity index is 1.50. The third kappa shape index (κ3) is 4.20. The fourth-order valence-corrected chi connectivity index (χ4v) is 2.42.